The molecule has 106 valence electrons. The number of aliphatic hydroxyl groups is 2. The van der Waals surface area contributed by atoms with Crippen molar-refractivity contribution >= 4 is 11.6 Å². The van der Waals surface area contributed by atoms with Crippen LogP contribution in [0.1, 0.15) is 11.8 Å². The summed E-state index contributed by atoms with van der Waals surface area (Å²) >= 11 is 5.91. The highest BCUT2D eigenvalue weighted by atomic mass is 35.5. The molecule has 0 aromatic carbocycles. The number of aromatic nitrogens is 2. The SMILES string of the molecule is O=c1[nH]c(=O)n([C@@H]2O[C@H](CO)[C@@H](O)C2Cl)cc1CF. The van der Waals surface area contributed by atoms with Crippen molar-refractivity contribution in [3.63, 3.8) is 0 Å². The van der Waals surface area contributed by atoms with Crippen molar-refractivity contribution in [1.29, 1.82) is 0 Å². The van der Waals surface area contributed by atoms with E-state index in [1.54, 1.807) is 0 Å². The van der Waals surface area contributed by atoms with Gasteiger partial charge in [-0.1, -0.05) is 0 Å². The molecule has 1 unspecified atom stereocenters. The van der Waals surface area contributed by atoms with E-state index in [0.29, 0.717) is 0 Å². The van der Waals surface area contributed by atoms with E-state index in [1.807, 2.05) is 4.98 Å². The third-order valence-electron chi connectivity index (χ3n) is 2.93. The van der Waals surface area contributed by atoms with Crippen molar-refractivity contribution in [2.24, 2.45) is 0 Å². The Labute approximate surface area is 111 Å². The molecule has 0 spiro atoms. The van der Waals surface area contributed by atoms with E-state index in [4.69, 9.17) is 21.4 Å². The smallest absolute Gasteiger partial charge is 0.330 e. The molecule has 1 aromatic heterocycles. The lowest BCUT2D eigenvalue weighted by atomic mass is 10.2. The van der Waals surface area contributed by atoms with E-state index in [2.05, 4.69) is 0 Å². The van der Waals surface area contributed by atoms with E-state index in [9.17, 15) is 19.1 Å². The second kappa shape index (κ2) is 5.41. The lowest BCUT2D eigenvalue weighted by Crippen LogP contribution is -2.36. The normalized spacial score (nSPS) is 30.7. The van der Waals surface area contributed by atoms with Crippen LogP contribution in [0.15, 0.2) is 15.8 Å². The zero-order valence-electron chi connectivity index (χ0n) is 9.62. The van der Waals surface area contributed by atoms with Crippen LogP contribution < -0.4 is 11.2 Å². The molecule has 9 heteroatoms. The Morgan fingerprint density at radius 1 is 1.53 bits per heavy atom. The van der Waals surface area contributed by atoms with Crippen LogP contribution in [0.25, 0.3) is 0 Å². The second-order valence-corrected chi connectivity index (χ2v) is 4.64. The zero-order chi connectivity index (χ0) is 14.2. The van der Waals surface area contributed by atoms with Gasteiger partial charge in [0.25, 0.3) is 5.56 Å². The van der Waals surface area contributed by atoms with Gasteiger partial charge < -0.3 is 14.9 Å². The standard InChI is InChI=1S/C10H12ClFN2O5/c11-6-7(16)5(3-15)19-9(6)14-2-4(1-12)8(17)13-10(14)18/h2,5-7,9,15-16H,1,3H2,(H,13,17,18)/t5-,6?,7-,9-/m1/s1. The predicted molar refractivity (Wildman–Crippen MR) is 62.8 cm³/mol. The number of hydrogen-bond acceptors (Lipinski definition) is 5. The minimum absolute atomic E-state index is 0.256. The molecule has 0 radical (unpaired) electrons. The van der Waals surface area contributed by atoms with Crippen LogP contribution in [0.3, 0.4) is 0 Å². The molecule has 19 heavy (non-hydrogen) atoms. The molecule has 1 saturated heterocycles. The van der Waals surface area contributed by atoms with E-state index < -0.39 is 48.3 Å². The molecule has 7 nitrogen and oxygen atoms in total. The van der Waals surface area contributed by atoms with Crippen molar-refractivity contribution < 1.29 is 19.3 Å². The van der Waals surface area contributed by atoms with Gasteiger partial charge in [-0.15, -0.1) is 11.6 Å². The average molecular weight is 295 g/mol. The van der Waals surface area contributed by atoms with Gasteiger partial charge in [-0.3, -0.25) is 14.3 Å². The van der Waals surface area contributed by atoms with Crippen LogP contribution in [0.4, 0.5) is 4.39 Å². The fourth-order valence-electron chi connectivity index (χ4n) is 1.89. The summed E-state index contributed by atoms with van der Waals surface area (Å²) in [7, 11) is 0. The average Bonchev–Trinajstić information content (AvgIpc) is 2.67. The van der Waals surface area contributed by atoms with E-state index in [0.717, 1.165) is 10.8 Å². The number of alkyl halides is 2. The Hall–Kier alpha value is -1.22. The van der Waals surface area contributed by atoms with Gasteiger partial charge in [0, 0.05) is 6.20 Å². The maximum absolute atomic E-state index is 12.6. The Morgan fingerprint density at radius 3 is 2.74 bits per heavy atom. The first kappa shape index (κ1) is 14.2. The molecule has 3 N–H and O–H groups in total. The van der Waals surface area contributed by atoms with Crippen LogP contribution in [0, 0.1) is 0 Å². The fraction of sp³-hybridized carbons (Fsp3) is 0.600. The molecule has 0 bridgehead atoms. The minimum atomic E-state index is -1.18. The van der Waals surface area contributed by atoms with Gasteiger partial charge in [0.05, 0.1) is 12.2 Å². The molecule has 0 saturated carbocycles. The number of nitrogens with one attached hydrogen (secondary N) is 1. The first-order chi connectivity index (χ1) is 8.99. The van der Waals surface area contributed by atoms with Crippen molar-refractivity contribution in [2.45, 2.75) is 30.5 Å². The monoisotopic (exact) mass is 294 g/mol. The highest BCUT2D eigenvalue weighted by Gasteiger charge is 2.43. The number of aromatic amines is 1. The Kier molecular flexibility index (Phi) is 4.04. The van der Waals surface area contributed by atoms with E-state index >= 15 is 0 Å². The molecule has 0 amide bonds. The topological polar surface area (TPSA) is 105 Å². The van der Waals surface area contributed by atoms with Crippen molar-refractivity contribution in [1.82, 2.24) is 9.55 Å². The number of H-pyrrole nitrogens is 1. The second-order valence-electron chi connectivity index (χ2n) is 4.14. The van der Waals surface area contributed by atoms with Gasteiger partial charge in [-0.05, 0) is 0 Å². The maximum Gasteiger partial charge on any atom is 0.330 e. The highest BCUT2D eigenvalue weighted by molar-refractivity contribution is 6.21. The first-order valence-corrected chi connectivity index (χ1v) is 5.92. The number of rotatable bonds is 3. The summed E-state index contributed by atoms with van der Waals surface area (Å²) in [5.74, 6) is 0. The minimum Gasteiger partial charge on any atom is -0.394 e. The van der Waals surface area contributed by atoms with E-state index in [-0.39, 0.29) is 5.56 Å². The van der Waals surface area contributed by atoms with Crippen molar-refractivity contribution in [3.8, 4) is 0 Å². The molecular formula is C10H12ClFN2O5. The van der Waals surface area contributed by atoms with Gasteiger partial charge >= 0.3 is 5.69 Å². The molecule has 2 rings (SSSR count). The van der Waals surface area contributed by atoms with Crippen LogP contribution in [-0.4, -0.2) is 44.0 Å². The molecular weight excluding hydrogens is 283 g/mol. The summed E-state index contributed by atoms with van der Waals surface area (Å²) in [6, 6.07) is 0. The van der Waals surface area contributed by atoms with Gasteiger partial charge in [0.2, 0.25) is 0 Å². The van der Waals surface area contributed by atoms with Crippen molar-refractivity contribution in [2.75, 3.05) is 6.61 Å². The third-order valence-corrected chi connectivity index (χ3v) is 3.41. The molecule has 2 heterocycles. The molecule has 4 atom stereocenters. The maximum atomic E-state index is 12.6. The number of nitrogens with zero attached hydrogens (tertiary/aromatic N) is 1. The molecule has 1 aliphatic rings. The number of ether oxygens (including phenoxy) is 1. The predicted octanol–water partition coefficient (Wildman–Crippen LogP) is -1.14. The summed E-state index contributed by atoms with van der Waals surface area (Å²) in [5, 5.41) is 17.7. The van der Waals surface area contributed by atoms with Crippen LogP contribution in [0.2, 0.25) is 0 Å². The zero-order valence-corrected chi connectivity index (χ0v) is 10.4. The number of halogens is 2. The Balaban J connectivity index is 2.43. The van der Waals surface area contributed by atoms with Gasteiger partial charge in [0.1, 0.15) is 24.3 Å². The third kappa shape index (κ3) is 2.44. The lowest BCUT2D eigenvalue weighted by molar-refractivity contribution is -0.0459. The van der Waals surface area contributed by atoms with Crippen LogP contribution >= 0.6 is 11.6 Å². The summed E-state index contributed by atoms with van der Waals surface area (Å²) < 4.78 is 18.7. The van der Waals surface area contributed by atoms with Gasteiger partial charge in [0.15, 0.2) is 6.23 Å². The first-order valence-electron chi connectivity index (χ1n) is 5.48. The lowest BCUT2D eigenvalue weighted by Gasteiger charge is -2.17. The quantitative estimate of drug-likeness (QED) is 0.612. The largest absolute Gasteiger partial charge is 0.394 e. The van der Waals surface area contributed by atoms with Gasteiger partial charge in [-0.25, -0.2) is 9.18 Å². The Bertz CT molecular complexity index is 574. The Morgan fingerprint density at radius 2 is 2.21 bits per heavy atom. The molecule has 1 fully saturated rings. The summed E-state index contributed by atoms with van der Waals surface area (Å²) in [6.07, 6.45) is -2.22. The van der Waals surface area contributed by atoms with Crippen LogP contribution in [-0.2, 0) is 11.4 Å². The summed E-state index contributed by atoms with van der Waals surface area (Å²) in [6.45, 7) is -1.53. The molecule has 1 aliphatic heterocycles. The molecule has 0 aliphatic carbocycles. The van der Waals surface area contributed by atoms with Gasteiger partial charge in [-0.2, -0.15) is 0 Å². The van der Waals surface area contributed by atoms with Crippen molar-refractivity contribution in [3.05, 3.63) is 32.6 Å². The molecule has 1 aromatic rings. The highest BCUT2D eigenvalue weighted by Crippen LogP contribution is 2.32. The summed E-state index contributed by atoms with van der Waals surface area (Å²) in [5.41, 5.74) is -1.91. The fourth-order valence-corrected chi connectivity index (χ4v) is 2.23. The van der Waals surface area contributed by atoms with E-state index in [1.165, 1.54) is 0 Å². The summed E-state index contributed by atoms with van der Waals surface area (Å²) in [4.78, 5) is 24.8. The van der Waals surface area contributed by atoms with Crippen LogP contribution in [0.5, 0.6) is 0 Å². The number of aliphatic hydroxyl groups excluding tert-OH is 2. The number of hydrogen-bond donors (Lipinski definition) is 3.